The van der Waals surface area contributed by atoms with Gasteiger partial charge in [0.1, 0.15) is 5.82 Å². The molecule has 6 heteroatoms. The predicted molar refractivity (Wildman–Crippen MR) is 73.9 cm³/mol. The topological polar surface area (TPSA) is 71.3 Å². The molecule has 5 nitrogen and oxygen atoms in total. The van der Waals surface area contributed by atoms with Crippen LogP contribution in [-0.4, -0.2) is 18.4 Å². The van der Waals surface area contributed by atoms with Crippen LogP contribution in [0.5, 0.6) is 0 Å². The van der Waals surface area contributed by atoms with Crippen molar-refractivity contribution in [3.63, 3.8) is 0 Å². The minimum atomic E-state index is -0.363. The number of amides is 2. The largest absolute Gasteiger partial charge is 0.459 e. The lowest BCUT2D eigenvalue weighted by Crippen LogP contribution is -2.30. The fourth-order valence-electron chi connectivity index (χ4n) is 1.72. The van der Waals surface area contributed by atoms with E-state index in [9.17, 15) is 14.0 Å². The second kappa shape index (κ2) is 7.23. The zero-order valence-corrected chi connectivity index (χ0v) is 11.3. The molecular formula is C15H15FN2O3. The summed E-state index contributed by atoms with van der Waals surface area (Å²) in [5.74, 6) is -0.723. The first-order chi connectivity index (χ1) is 10.1. The Morgan fingerprint density at radius 1 is 1.14 bits per heavy atom. The number of hydrogen-bond acceptors (Lipinski definition) is 3. The Hall–Kier alpha value is -2.63. The van der Waals surface area contributed by atoms with Crippen LogP contribution in [0.25, 0.3) is 0 Å². The number of carbonyl (C=O) groups excluding carboxylic acids is 2. The third-order valence-electron chi connectivity index (χ3n) is 2.76. The summed E-state index contributed by atoms with van der Waals surface area (Å²) in [5, 5.41) is 5.22. The Morgan fingerprint density at radius 2 is 2.00 bits per heavy atom. The van der Waals surface area contributed by atoms with Crippen molar-refractivity contribution in [2.75, 3.05) is 6.54 Å². The molecule has 1 aromatic carbocycles. The summed E-state index contributed by atoms with van der Waals surface area (Å²) in [6.45, 7) is 0.456. The Labute approximate surface area is 121 Å². The lowest BCUT2D eigenvalue weighted by atomic mass is 10.2. The number of carbonyl (C=O) groups is 2. The van der Waals surface area contributed by atoms with Gasteiger partial charge in [-0.25, -0.2) is 4.39 Å². The summed E-state index contributed by atoms with van der Waals surface area (Å²) in [4.78, 5) is 23.1. The molecule has 0 radical (unpaired) electrons. The first-order valence-electron chi connectivity index (χ1n) is 6.48. The molecule has 2 aromatic rings. The van der Waals surface area contributed by atoms with Crippen LogP contribution >= 0.6 is 0 Å². The summed E-state index contributed by atoms with van der Waals surface area (Å²) in [5.41, 5.74) is 0.683. The first-order valence-corrected chi connectivity index (χ1v) is 6.48. The molecule has 21 heavy (non-hydrogen) atoms. The van der Waals surface area contributed by atoms with Gasteiger partial charge in [0, 0.05) is 19.5 Å². The van der Waals surface area contributed by atoms with Gasteiger partial charge in [-0.05, 0) is 29.8 Å². The highest BCUT2D eigenvalue weighted by Crippen LogP contribution is 2.03. The molecule has 0 saturated carbocycles. The Balaban J connectivity index is 1.67. The number of hydrogen-bond donors (Lipinski definition) is 2. The quantitative estimate of drug-likeness (QED) is 0.853. The summed E-state index contributed by atoms with van der Waals surface area (Å²) < 4.78 is 17.9. The van der Waals surface area contributed by atoms with Gasteiger partial charge in [-0.3, -0.25) is 9.59 Å². The minimum absolute atomic E-state index is 0.141. The van der Waals surface area contributed by atoms with Crippen molar-refractivity contribution in [2.45, 2.75) is 13.0 Å². The van der Waals surface area contributed by atoms with Crippen molar-refractivity contribution in [2.24, 2.45) is 0 Å². The summed E-state index contributed by atoms with van der Waals surface area (Å²) in [6.07, 6.45) is 1.54. The van der Waals surface area contributed by atoms with E-state index >= 15 is 0 Å². The minimum Gasteiger partial charge on any atom is -0.459 e. The van der Waals surface area contributed by atoms with Gasteiger partial charge < -0.3 is 15.1 Å². The van der Waals surface area contributed by atoms with Crippen LogP contribution < -0.4 is 10.6 Å². The predicted octanol–water partition coefficient (Wildman–Crippen LogP) is 1.85. The van der Waals surface area contributed by atoms with E-state index in [1.165, 1.54) is 18.4 Å². The fourth-order valence-corrected chi connectivity index (χ4v) is 1.72. The van der Waals surface area contributed by atoms with Crippen molar-refractivity contribution in [3.05, 3.63) is 59.8 Å². The van der Waals surface area contributed by atoms with Gasteiger partial charge in [-0.15, -0.1) is 0 Å². The molecule has 1 heterocycles. The van der Waals surface area contributed by atoms with Gasteiger partial charge in [0.25, 0.3) is 5.91 Å². The third-order valence-corrected chi connectivity index (χ3v) is 2.76. The SMILES string of the molecule is O=C(CCNC(=O)c1ccco1)NCc1cccc(F)c1. The maximum Gasteiger partial charge on any atom is 0.286 e. The molecule has 0 fully saturated rings. The normalized spacial score (nSPS) is 10.1. The van der Waals surface area contributed by atoms with Crippen molar-refractivity contribution >= 4 is 11.8 Å². The second-order valence-electron chi connectivity index (χ2n) is 4.39. The van der Waals surface area contributed by atoms with Crippen LogP contribution in [0.3, 0.4) is 0 Å². The molecule has 0 aliphatic rings. The number of furan rings is 1. The Bertz CT molecular complexity index is 611. The van der Waals surface area contributed by atoms with Gasteiger partial charge in [-0.1, -0.05) is 12.1 Å². The van der Waals surface area contributed by atoms with Gasteiger partial charge in [0.2, 0.25) is 5.91 Å². The lowest BCUT2D eigenvalue weighted by molar-refractivity contribution is -0.121. The first kappa shape index (κ1) is 14.8. The molecule has 2 amide bonds. The highest BCUT2D eigenvalue weighted by Gasteiger charge is 2.08. The van der Waals surface area contributed by atoms with E-state index in [4.69, 9.17) is 4.42 Å². The van der Waals surface area contributed by atoms with Crippen LogP contribution in [0.4, 0.5) is 4.39 Å². The number of benzene rings is 1. The highest BCUT2D eigenvalue weighted by atomic mass is 19.1. The number of nitrogens with one attached hydrogen (secondary N) is 2. The van der Waals surface area contributed by atoms with Crippen LogP contribution in [-0.2, 0) is 11.3 Å². The molecule has 2 N–H and O–H groups in total. The van der Waals surface area contributed by atoms with Crippen molar-refractivity contribution < 1.29 is 18.4 Å². The van der Waals surface area contributed by atoms with Crippen molar-refractivity contribution in [3.8, 4) is 0 Å². The van der Waals surface area contributed by atoms with E-state index in [2.05, 4.69) is 10.6 Å². The molecule has 0 aliphatic heterocycles. The zero-order valence-electron chi connectivity index (χ0n) is 11.3. The summed E-state index contributed by atoms with van der Waals surface area (Å²) >= 11 is 0. The summed E-state index contributed by atoms with van der Waals surface area (Å²) in [7, 11) is 0. The van der Waals surface area contributed by atoms with Crippen LogP contribution in [0.2, 0.25) is 0 Å². The molecule has 110 valence electrons. The fraction of sp³-hybridized carbons (Fsp3) is 0.200. The number of rotatable bonds is 6. The van der Waals surface area contributed by atoms with Gasteiger partial charge in [0.15, 0.2) is 5.76 Å². The van der Waals surface area contributed by atoms with E-state index in [0.29, 0.717) is 5.56 Å². The maximum atomic E-state index is 12.9. The lowest BCUT2D eigenvalue weighted by Gasteiger charge is -2.06. The van der Waals surface area contributed by atoms with Gasteiger partial charge in [-0.2, -0.15) is 0 Å². The van der Waals surface area contributed by atoms with Crippen LogP contribution in [0, 0.1) is 5.82 Å². The molecule has 2 rings (SSSR count). The van der Waals surface area contributed by atoms with E-state index in [1.807, 2.05) is 0 Å². The van der Waals surface area contributed by atoms with Crippen molar-refractivity contribution in [1.82, 2.24) is 10.6 Å². The molecule has 0 aliphatic carbocycles. The van der Waals surface area contributed by atoms with Crippen LogP contribution in [0.15, 0.2) is 47.1 Å². The smallest absolute Gasteiger partial charge is 0.286 e. The third kappa shape index (κ3) is 4.76. The molecule has 0 atom stereocenters. The standard InChI is InChI=1S/C15H15FN2O3/c16-12-4-1-3-11(9-12)10-18-14(19)6-7-17-15(20)13-5-2-8-21-13/h1-5,8-9H,6-7,10H2,(H,17,20)(H,18,19). The Morgan fingerprint density at radius 3 is 2.71 bits per heavy atom. The Kier molecular flexibility index (Phi) is 5.09. The average Bonchev–Trinajstić information content (AvgIpc) is 2.99. The highest BCUT2D eigenvalue weighted by molar-refractivity contribution is 5.91. The molecule has 0 saturated heterocycles. The van der Waals surface area contributed by atoms with E-state index < -0.39 is 0 Å². The van der Waals surface area contributed by atoms with Crippen molar-refractivity contribution in [1.29, 1.82) is 0 Å². The second-order valence-corrected chi connectivity index (χ2v) is 4.39. The monoisotopic (exact) mass is 290 g/mol. The van der Waals surface area contributed by atoms with E-state index in [-0.39, 0.29) is 42.9 Å². The van der Waals surface area contributed by atoms with Gasteiger partial charge in [0.05, 0.1) is 6.26 Å². The average molecular weight is 290 g/mol. The maximum absolute atomic E-state index is 12.9. The zero-order chi connectivity index (χ0) is 15.1. The van der Waals surface area contributed by atoms with E-state index in [0.717, 1.165) is 0 Å². The number of halogens is 1. The van der Waals surface area contributed by atoms with Gasteiger partial charge >= 0.3 is 0 Å². The van der Waals surface area contributed by atoms with Crippen LogP contribution in [0.1, 0.15) is 22.5 Å². The van der Waals surface area contributed by atoms with E-state index in [1.54, 1.807) is 24.3 Å². The molecule has 0 unspecified atom stereocenters. The molecule has 1 aromatic heterocycles. The molecule has 0 spiro atoms. The molecular weight excluding hydrogens is 275 g/mol. The summed E-state index contributed by atoms with van der Waals surface area (Å²) in [6, 6.07) is 9.16. The molecule has 0 bridgehead atoms.